The standard InChI is InChI=1S/C4H9.CH4O3S.Mg/c1-3-4-2;1-5(2,3)4;/h1,3-4H2,2H3;1H3,(H,2,3,4);/q-1;;+2. The minimum Gasteiger partial charge on any atom is -0.343 e. The van der Waals surface area contributed by atoms with Gasteiger partial charge in [-0.25, -0.2) is 0 Å². The second-order valence-corrected chi connectivity index (χ2v) is 3.05. The van der Waals surface area contributed by atoms with E-state index in [0.717, 1.165) is 6.42 Å². The van der Waals surface area contributed by atoms with Crippen molar-refractivity contribution in [3.05, 3.63) is 6.92 Å². The number of hydrogen-bond acceptors (Lipinski definition) is 2. The molecule has 0 aliphatic carbocycles. The molecule has 0 aliphatic heterocycles. The van der Waals surface area contributed by atoms with Crippen molar-refractivity contribution in [2.24, 2.45) is 0 Å². The van der Waals surface area contributed by atoms with Gasteiger partial charge in [0.25, 0.3) is 10.1 Å². The largest absolute Gasteiger partial charge is 2.00 e. The molecule has 0 aromatic carbocycles. The molecule has 0 fully saturated rings. The van der Waals surface area contributed by atoms with Gasteiger partial charge < -0.3 is 6.92 Å². The van der Waals surface area contributed by atoms with Gasteiger partial charge in [-0.2, -0.15) is 14.8 Å². The fourth-order valence-electron chi connectivity index (χ4n) is 0. The second kappa shape index (κ2) is 9.68. The Morgan fingerprint density at radius 2 is 1.60 bits per heavy atom. The second-order valence-electron chi connectivity index (χ2n) is 1.59. The summed E-state index contributed by atoms with van der Waals surface area (Å²) in [5.74, 6) is 0. The predicted molar refractivity (Wildman–Crippen MR) is 43.5 cm³/mol. The van der Waals surface area contributed by atoms with Crippen LogP contribution in [-0.4, -0.2) is 42.3 Å². The summed E-state index contributed by atoms with van der Waals surface area (Å²) in [6.45, 7) is 5.72. The summed E-state index contributed by atoms with van der Waals surface area (Å²) >= 11 is 0. The zero-order valence-corrected chi connectivity index (χ0v) is 8.73. The Morgan fingerprint density at radius 1 is 1.50 bits per heavy atom. The van der Waals surface area contributed by atoms with Crippen LogP contribution in [0.15, 0.2) is 0 Å². The Hall–Kier alpha value is 0.676. The first-order chi connectivity index (χ1) is 3.91. The summed E-state index contributed by atoms with van der Waals surface area (Å²) < 4.78 is 25.9. The molecule has 0 aromatic rings. The Kier molecular flexibility index (Phi) is 16.4. The Labute approximate surface area is 79.1 Å². The van der Waals surface area contributed by atoms with Gasteiger partial charge in [0.2, 0.25) is 0 Å². The molecule has 0 bridgehead atoms. The van der Waals surface area contributed by atoms with E-state index in [0.29, 0.717) is 6.26 Å². The molecule has 0 atom stereocenters. The van der Waals surface area contributed by atoms with Gasteiger partial charge in [-0.05, 0) is 0 Å². The molecule has 3 nitrogen and oxygen atoms in total. The molecule has 58 valence electrons. The van der Waals surface area contributed by atoms with Crippen molar-refractivity contribution >= 4 is 33.2 Å². The topological polar surface area (TPSA) is 54.4 Å². The van der Waals surface area contributed by atoms with E-state index in [9.17, 15) is 8.42 Å². The van der Waals surface area contributed by atoms with Crippen molar-refractivity contribution in [3.8, 4) is 0 Å². The molecule has 0 saturated carbocycles. The molecule has 5 heteroatoms. The van der Waals surface area contributed by atoms with Crippen molar-refractivity contribution in [1.82, 2.24) is 0 Å². The van der Waals surface area contributed by atoms with Crippen molar-refractivity contribution < 1.29 is 13.0 Å². The molecule has 0 saturated heterocycles. The van der Waals surface area contributed by atoms with E-state index in [1.807, 2.05) is 0 Å². The molecule has 0 amide bonds. The summed E-state index contributed by atoms with van der Waals surface area (Å²) in [6, 6.07) is 0. The van der Waals surface area contributed by atoms with E-state index < -0.39 is 10.1 Å². The van der Waals surface area contributed by atoms with Crippen LogP contribution < -0.4 is 0 Å². The molecule has 0 rings (SSSR count). The predicted octanol–water partition coefficient (Wildman–Crippen LogP) is 0.744. The Morgan fingerprint density at radius 3 is 1.60 bits per heavy atom. The van der Waals surface area contributed by atoms with Gasteiger partial charge in [-0.15, -0.1) is 0 Å². The maximum atomic E-state index is 9.19. The summed E-state index contributed by atoms with van der Waals surface area (Å²) in [6.07, 6.45) is 2.99. The van der Waals surface area contributed by atoms with Crippen molar-refractivity contribution in [1.29, 1.82) is 0 Å². The van der Waals surface area contributed by atoms with Crippen LogP contribution in [0.25, 0.3) is 0 Å². The van der Waals surface area contributed by atoms with Gasteiger partial charge in [0.05, 0.1) is 6.26 Å². The van der Waals surface area contributed by atoms with Crippen LogP contribution in [0, 0.1) is 6.92 Å². The first kappa shape index (κ1) is 17.0. The molecule has 0 unspecified atom stereocenters. The third kappa shape index (κ3) is 182. The molecule has 0 heterocycles. The van der Waals surface area contributed by atoms with E-state index in [-0.39, 0.29) is 23.1 Å². The van der Waals surface area contributed by atoms with Gasteiger partial charge in [0, 0.05) is 0 Å². The van der Waals surface area contributed by atoms with Crippen molar-refractivity contribution in [2.45, 2.75) is 19.8 Å². The average molecular weight is 178 g/mol. The minimum atomic E-state index is -3.67. The third-order valence-corrected chi connectivity index (χ3v) is 0.354. The van der Waals surface area contributed by atoms with Crippen LogP contribution in [0.1, 0.15) is 19.8 Å². The van der Waals surface area contributed by atoms with Crippen LogP contribution in [0.2, 0.25) is 0 Å². The zero-order chi connectivity index (χ0) is 7.91. The molecular weight excluding hydrogens is 164 g/mol. The molecule has 1 N–H and O–H groups in total. The summed E-state index contributed by atoms with van der Waals surface area (Å²) in [7, 11) is -3.67. The fourth-order valence-corrected chi connectivity index (χ4v) is 0. The fraction of sp³-hybridized carbons (Fsp3) is 0.800. The first-order valence-corrected chi connectivity index (χ1v) is 4.48. The maximum Gasteiger partial charge on any atom is 2.00 e. The van der Waals surface area contributed by atoms with Crippen LogP contribution in [0.3, 0.4) is 0 Å². The van der Waals surface area contributed by atoms with E-state index in [2.05, 4.69) is 13.8 Å². The normalized spacial score (nSPS) is 8.80. The van der Waals surface area contributed by atoms with E-state index >= 15 is 0 Å². The smallest absolute Gasteiger partial charge is 0.343 e. The summed E-state index contributed by atoms with van der Waals surface area (Å²) in [5, 5.41) is 0. The van der Waals surface area contributed by atoms with Gasteiger partial charge in [-0.1, -0.05) is 13.3 Å². The quantitative estimate of drug-likeness (QED) is 0.365. The van der Waals surface area contributed by atoms with Gasteiger partial charge in [-0.3, -0.25) is 4.55 Å². The summed E-state index contributed by atoms with van der Waals surface area (Å²) in [4.78, 5) is 0. The van der Waals surface area contributed by atoms with Crippen molar-refractivity contribution in [3.63, 3.8) is 0 Å². The van der Waals surface area contributed by atoms with Gasteiger partial charge in [0.15, 0.2) is 0 Å². The Bertz CT molecular complexity index is 120. The Balaban J connectivity index is -0.0000000910. The van der Waals surface area contributed by atoms with E-state index in [1.54, 1.807) is 0 Å². The number of unbranched alkanes of at least 4 members (excludes halogenated alkanes) is 1. The molecule has 0 spiro atoms. The molecule has 10 heavy (non-hydrogen) atoms. The average Bonchev–Trinajstić information content (AvgIpc) is 1.61. The van der Waals surface area contributed by atoms with Gasteiger partial charge in [0.1, 0.15) is 0 Å². The van der Waals surface area contributed by atoms with E-state index in [4.69, 9.17) is 4.55 Å². The number of hydrogen-bond donors (Lipinski definition) is 1. The molecule has 0 radical (unpaired) electrons. The van der Waals surface area contributed by atoms with Gasteiger partial charge >= 0.3 is 23.1 Å². The molecular formula is C5H13MgO3S+. The van der Waals surface area contributed by atoms with Crippen LogP contribution in [-0.2, 0) is 10.1 Å². The van der Waals surface area contributed by atoms with Crippen LogP contribution in [0.5, 0.6) is 0 Å². The number of rotatable bonds is 1. The monoisotopic (exact) mass is 177 g/mol. The van der Waals surface area contributed by atoms with Crippen molar-refractivity contribution in [2.75, 3.05) is 6.26 Å². The molecule has 0 aliphatic rings. The van der Waals surface area contributed by atoms with Crippen LogP contribution >= 0.6 is 0 Å². The zero-order valence-electron chi connectivity index (χ0n) is 6.50. The maximum absolute atomic E-state index is 9.19. The van der Waals surface area contributed by atoms with E-state index in [1.165, 1.54) is 6.42 Å². The SMILES string of the molecule is CS(=O)(=O)O.[CH2-]CCC.[Mg+2]. The molecule has 0 aromatic heterocycles. The minimum absolute atomic E-state index is 0. The first-order valence-electron chi connectivity index (χ1n) is 2.63. The summed E-state index contributed by atoms with van der Waals surface area (Å²) in [5.41, 5.74) is 0. The third-order valence-electron chi connectivity index (χ3n) is 0.354. The van der Waals surface area contributed by atoms with Crippen LogP contribution in [0.4, 0.5) is 0 Å².